The minimum Gasteiger partial charge on any atom is -0.368 e. The highest BCUT2D eigenvalue weighted by molar-refractivity contribution is 5.82. The highest BCUT2D eigenvalue weighted by atomic mass is 16.1. The number of nitrogens with two attached hydrogens (primary N) is 1. The number of carbonyl (C=O) groups is 1. The standard InChI is InChI=1S/C14H22N2O/c1-9(2)8-16-13(14(15)17)12-7-5-6-10(3)11(12)4/h5-7,9,13,16H,8H2,1-4H3,(H2,15,17). The van der Waals surface area contributed by atoms with Crippen LogP contribution in [-0.2, 0) is 4.79 Å². The van der Waals surface area contributed by atoms with Crippen LogP contribution in [0.25, 0.3) is 0 Å². The van der Waals surface area contributed by atoms with E-state index in [0.29, 0.717) is 5.92 Å². The van der Waals surface area contributed by atoms with Crippen LogP contribution < -0.4 is 11.1 Å². The lowest BCUT2D eigenvalue weighted by Gasteiger charge is -2.20. The Morgan fingerprint density at radius 3 is 2.53 bits per heavy atom. The lowest BCUT2D eigenvalue weighted by Crippen LogP contribution is -2.36. The topological polar surface area (TPSA) is 55.1 Å². The van der Waals surface area contributed by atoms with Crippen LogP contribution in [0.4, 0.5) is 0 Å². The molecule has 94 valence electrons. The molecule has 1 atom stereocenters. The van der Waals surface area contributed by atoms with E-state index in [1.165, 1.54) is 5.56 Å². The summed E-state index contributed by atoms with van der Waals surface area (Å²) in [5.74, 6) is 0.168. The van der Waals surface area contributed by atoms with Crippen molar-refractivity contribution in [2.45, 2.75) is 33.7 Å². The zero-order valence-corrected chi connectivity index (χ0v) is 11.1. The summed E-state index contributed by atoms with van der Waals surface area (Å²) in [4.78, 5) is 11.5. The van der Waals surface area contributed by atoms with Crippen molar-refractivity contribution in [2.75, 3.05) is 6.54 Å². The zero-order valence-electron chi connectivity index (χ0n) is 11.1. The first-order valence-corrected chi connectivity index (χ1v) is 6.02. The van der Waals surface area contributed by atoms with Gasteiger partial charge in [-0.3, -0.25) is 4.79 Å². The summed E-state index contributed by atoms with van der Waals surface area (Å²) in [6.45, 7) is 9.06. The Balaban J connectivity index is 2.97. The lowest BCUT2D eigenvalue weighted by molar-refractivity contribution is -0.120. The third-order valence-electron chi connectivity index (χ3n) is 2.97. The zero-order chi connectivity index (χ0) is 13.0. The van der Waals surface area contributed by atoms with E-state index in [2.05, 4.69) is 19.2 Å². The first-order chi connectivity index (χ1) is 7.93. The van der Waals surface area contributed by atoms with Gasteiger partial charge in [0.2, 0.25) is 5.91 Å². The molecule has 3 nitrogen and oxygen atoms in total. The third kappa shape index (κ3) is 3.56. The summed E-state index contributed by atoms with van der Waals surface area (Å²) < 4.78 is 0. The van der Waals surface area contributed by atoms with E-state index >= 15 is 0 Å². The molecule has 0 aliphatic heterocycles. The van der Waals surface area contributed by atoms with E-state index in [1.807, 2.05) is 32.0 Å². The summed E-state index contributed by atoms with van der Waals surface area (Å²) in [7, 11) is 0. The third-order valence-corrected chi connectivity index (χ3v) is 2.97. The van der Waals surface area contributed by atoms with E-state index in [0.717, 1.165) is 17.7 Å². The molecule has 17 heavy (non-hydrogen) atoms. The van der Waals surface area contributed by atoms with Gasteiger partial charge in [0, 0.05) is 0 Å². The van der Waals surface area contributed by atoms with E-state index < -0.39 is 6.04 Å². The number of primary amides is 1. The molecule has 0 aromatic heterocycles. The predicted octanol–water partition coefficient (Wildman–Crippen LogP) is 2.08. The SMILES string of the molecule is Cc1cccc(C(NCC(C)C)C(N)=O)c1C. The highest BCUT2D eigenvalue weighted by Gasteiger charge is 2.19. The molecule has 0 radical (unpaired) electrons. The Morgan fingerprint density at radius 1 is 1.35 bits per heavy atom. The van der Waals surface area contributed by atoms with Gasteiger partial charge in [-0.05, 0) is 43.0 Å². The van der Waals surface area contributed by atoms with Crippen LogP contribution in [0, 0.1) is 19.8 Å². The maximum absolute atomic E-state index is 11.5. The van der Waals surface area contributed by atoms with Crippen LogP contribution >= 0.6 is 0 Å². The van der Waals surface area contributed by atoms with Crippen LogP contribution in [0.5, 0.6) is 0 Å². The van der Waals surface area contributed by atoms with Crippen LogP contribution in [-0.4, -0.2) is 12.5 Å². The van der Waals surface area contributed by atoms with E-state index in [-0.39, 0.29) is 5.91 Å². The van der Waals surface area contributed by atoms with Crippen molar-refractivity contribution >= 4 is 5.91 Å². The number of carbonyl (C=O) groups excluding carboxylic acids is 1. The maximum atomic E-state index is 11.5. The largest absolute Gasteiger partial charge is 0.368 e. The van der Waals surface area contributed by atoms with E-state index in [4.69, 9.17) is 5.73 Å². The van der Waals surface area contributed by atoms with Gasteiger partial charge in [-0.2, -0.15) is 0 Å². The van der Waals surface area contributed by atoms with E-state index in [1.54, 1.807) is 0 Å². The summed E-state index contributed by atoms with van der Waals surface area (Å²) >= 11 is 0. The number of rotatable bonds is 5. The van der Waals surface area contributed by atoms with Gasteiger partial charge >= 0.3 is 0 Å². The fourth-order valence-electron chi connectivity index (χ4n) is 1.80. The highest BCUT2D eigenvalue weighted by Crippen LogP contribution is 2.20. The Bertz CT molecular complexity index is 399. The minimum absolute atomic E-state index is 0.320. The first-order valence-electron chi connectivity index (χ1n) is 6.02. The average molecular weight is 234 g/mol. The van der Waals surface area contributed by atoms with Crippen LogP contribution in [0.2, 0.25) is 0 Å². The van der Waals surface area contributed by atoms with Gasteiger partial charge in [-0.15, -0.1) is 0 Å². The summed E-state index contributed by atoms with van der Waals surface area (Å²) in [5.41, 5.74) is 8.77. The van der Waals surface area contributed by atoms with Gasteiger partial charge in [-0.1, -0.05) is 32.0 Å². The number of nitrogens with one attached hydrogen (secondary N) is 1. The van der Waals surface area contributed by atoms with Gasteiger partial charge in [0.25, 0.3) is 0 Å². The molecule has 1 aromatic rings. The molecular weight excluding hydrogens is 212 g/mol. The van der Waals surface area contributed by atoms with Crippen molar-refractivity contribution in [1.82, 2.24) is 5.32 Å². The molecule has 3 heteroatoms. The second-order valence-electron chi connectivity index (χ2n) is 4.93. The molecular formula is C14H22N2O. The summed E-state index contributed by atoms with van der Waals surface area (Å²) in [6, 6.07) is 5.58. The van der Waals surface area contributed by atoms with Crippen molar-refractivity contribution in [2.24, 2.45) is 11.7 Å². The molecule has 0 heterocycles. The fraction of sp³-hybridized carbons (Fsp3) is 0.500. The van der Waals surface area contributed by atoms with Crippen LogP contribution in [0.15, 0.2) is 18.2 Å². The molecule has 0 saturated carbocycles. The molecule has 0 bridgehead atoms. The average Bonchev–Trinajstić information content (AvgIpc) is 2.23. The smallest absolute Gasteiger partial charge is 0.239 e. The Kier molecular flexibility index (Phi) is 4.70. The van der Waals surface area contributed by atoms with E-state index in [9.17, 15) is 4.79 Å². The number of benzene rings is 1. The molecule has 0 aliphatic carbocycles. The number of hydrogen-bond donors (Lipinski definition) is 2. The summed E-state index contributed by atoms with van der Waals surface area (Å²) in [6.07, 6.45) is 0. The van der Waals surface area contributed by atoms with Gasteiger partial charge < -0.3 is 11.1 Å². The van der Waals surface area contributed by atoms with Crippen molar-refractivity contribution in [3.8, 4) is 0 Å². The molecule has 0 spiro atoms. The number of aryl methyl sites for hydroxylation is 1. The Hall–Kier alpha value is -1.35. The van der Waals surface area contributed by atoms with Crippen LogP contribution in [0.3, 0.4) is 0 Å². The number of hydrogen-bond acceptors (Lipinski definition) is 2. The molecule has 0 fully saturated rings. The van der Waals surface area contributed by atoms with Crippen molar-refractivity contribution in [3.05, 3.63) is 34.9 Å². The van der Waals surface area contributed by atoms with Gasteiger partial charge in [0.05, 0.1) is 0 Å². The van der Waals surface area contributed by atoms with Crippen molar-refractivity contribution in [3.63, 3.8) is 0 Å². The van der Waals surface area contributed by atoms with Crippen molar-refractivity contribution in [1.29, 1.82) is 0 Å². The second kappa shape index (κ2) is 5.82. The van der Waals surface area contributed by atoms with Crippen molar-refractivity contribution < 1.29 is 4.79 Å². The predicted molar refractivity (Wildman–Crippen MR) is 70.7 cm³/mol. The fourth-order valence-corrected chi connectivity index (χ4v) is 1.80. The van der Waals surface area contributed by atoms with Gasteiger partial charge in [0.1, 0.15) is 6.04 Å². The maximum Gasteiger partial charge on any atom is 0.239 e. The molecule has 0 aliphatic rings. The van der Waals surface area contributed by atoms with Gasteiger partial charge in [0.15, 0.2) is 0 Å². The number of amides is 1. The molecule has 1 aromatic carbocycles. The normalized spacial score (nSPS) is 12.8. The molecule has 3 N–H and O–H groups in total. The monoisotopic (exact) mass is 234 g/mol. The lowest BCUT2D eigenvalue weighted by atomic mass is 9.96. The van der Waals surface area contributed by atoms with Gasteiger partial charge in [-0.25, -0.2) is 0 Å². The minimum atomic E-state index is -0.391. The molecule has 1 amide bonds. The molecule has 1 unspecified atom stereocenters. The second-order valence-corrected chi connectivity index (χ2v) is 4.93. The Morgan fingerprint density at radius 2 is 2.00 bits per heavy atom. The first kappa shape index (κ1) is 13.7. The Labute approximate surface area is 103 Å². The molecule has 0 saturated heterocycles. The quantitative estimate of drug-likeness (QED) is 0.819. The molecule has 1 rings (SSSR count). The summed E-state index contributed by atoms with van der Waals surface area (Å²) in [5, 5.41) is 3.23. The van der Waals surface area contributed by atoms with Crippen LogP contribution in [0.1, 0.15) is 36.6 Å².